The molecular formula is C29H38O10-2. The van der Waals surface area contributed by atoms with Crippen molar-refractivity contribution in [2.24, 2.45) is 28.6 Å². The van der Waals surface area contributed by atoms with Crippen LogP contribution in [0.5, 0.6) is 0 Å². The summed E-state index contributed by atoms with van der Waals surface area (Å²) in [6, 6.07) is 0. The van der Waals surface area contributed by atoms with Gasteiger partial charge in [0.05, 0.1) is 12.2 Å². The summed E-state index contributed by atoms with van der Waals surface area (Å²) in [7, 11) is 0. The molecule has 10 nitrogen and oxygen atoms in total. The number of hydrogen-bond acceptors (Lipinski definition) is 10. The molecule has 39 heavy (non-hydrogen) atoms. The molecule has 3 saturated carbocycles. The number of aliphatic carboxylic acids is 2. The van der Waals surface area contributed by atoms with Gasteiger partial charge in [-0.3, -0.25) is 9.59 Å². The first-order valence-electron chi connectivity index (χ1n) is 13.8. The summed E-state index contributed by atoms with van der Waals surface area (Å²) in [5, 5.41) is 40.4. The Balaban J connectivity index is 0.000000386. The first-order valence-corrected chi connectivity index (χ1v) is 13.8. The molecule has 0 aromatic rings. The highest BCUT2D eigenvalue weighted by molar-refractivity contribution is 6.01. The number of ether oxygens (including phenoxy) is 2. The van der Waals surface area contributed by atoms with Crippen LogP contribution in [0, 0.1) is 28.6 Å². The largest absolute Gasteiger partial charge is 0.550 e. The molecule has 2 N–H and O–H groups in total. The number of rotatable bonds is 7. The van der Waals surface area contributed by atoms with Gasteiger partial charge in [-0.15, -0.1) is 0 Å². The summed E-state index contributed by atoms with van der Waals surface area (Å²) >= 11 is 0. The zero-order valence-electron chi connectivity index (χ0n) is 22.7. The predicted octanol–water partition coefficient (Wildman–Crippen LogP) is -0.0168. The number of Topliss-reactive ketones (excluding diaryl/α,β-unsaturated/α-hetero) is 1. The van der Waals surface area contributed by atoms with E-state index in [0.29, 0.717) is 19.3 Å². The molecule has 1 aliphatic heterocycles. The lowest BCUT2D eigenvalue weighted by Gasteiger charge is -2.59. The number of carbonyl (C=O) groups is 4. The monoisotopic (exact) mass is 546 g/mol. The molecule has 0 spiro atoms. The van der Waals surface area contributed by atoms with Crippen molar-refractivity contribution in [2.75, 3.05) is 6.61 Å². The predicted molar refractivity (Wildman–Crippen MR) is 132 cm³/mol. The molecule has 0 radical (unpaired) electrons. The summed E-state index contributed by atoms with van der Waals surface area (Å²) in [6.45, 7) is 5.67. The van der Waals surface area contributed by atoms with Crippen LogP contribution in [0.2, 0.25) is 0 Å². The number of ketones is 2. The van der Waals surface area contributed by atoms with E-state index in [-0.39, 0.29) is 34.7 Å². The van der Waals surface area contributed by atoms with Gasteiger partial charge in [0.1, 0.15) is 6.61 Å². The first-order chi connectivity index (χ1) is 18.3. The molecule has 0 amide bonds. The van der Waals surface area contributed by atoms with Crippen LogP contribution in [0.1, 0.15) is 72.1 Å². The molecule has 5 aliphatic rings. The SMILES string of the molecule is CCCC1O[C@@H]2C[C@H]3[C@@H]4CCC5=CC(=O)C=C[C@]5(C)[C@H]4[C@@H](O)C[C@]3(C)[C@]2(C(=O)CO)O1.O=C([O-])CCC(=O)[O-]. The average Bonchev–Trinajstić information content (AvgIpc) is 3.35. The Morgan fingerprint density at radius 3 is 2.41 bits per heavy atom. The smallest absolute Gasteiger partial charge is 0.193 e. The Morgan fingerprint density at radius 1 is 1.15 bits per heavy atom. The third kappa shape index (κ3) is 4.79. The maximum atomic E-state index is 13.2. The third-order valence-corrected chi connectivity index (χ3v) is 9.90. The highest BCUT2D eigenvalue weighted by Gasteiger charge is 2.75. The average molecular weight is 547 g/mol. The minimum Gasteiger partial charge on any atom is -0.550 e. The number of fused-ring (bicyclic) bond motifs is 7. The van der Waals surface area contributed by atoms with Gasteiger partial charge in [-0.25, -0.2) is 0 Å². The quantitative estimate of drug-likeness (QED) is 0.442. The summed E-state index contributed by atoms with van der Waals surface area (Å²) in [5.41, 5.74) is -1.05. The van der Waals surface area contributed by atoms with Crippen LogP contribution >= 0.6 is 0 Å². The van der Waals surface area contributed by atoms with E-state index in [2.05, 4.69) is 20.8 Å². The van der Waals surface area contributed by atoms with Crippen LogP contribution in [-0.2, 0) is 28.7 Å². The number of aliphatic hydroxyl groups excluding tert-OH is 2. The summed E-state index contributed by atoms with van der Waals surface area (Å²) < 4.78 is 12.7. The van der Waals surface area contributed by atoms with Crippen LogP contribution in [0.25, 0.3) is 0 Å². The first kappa shape index (κ1) is 29.6. The second-order valence-corrected chi connectivity index (χ2v) is 12.0. The number of carbonyl (C=O) groups excluding carboxylic acids is 4. The Kier molecular flexibility index (Phi) is 8.25. The van der Waals surface area contributed by atoms with Crippen molar-refractivity contribution >= 4 is 23.5 Å². The molecular weight excluding hydrogens is 508 g/mol. The fourth-order valence-corrected chi connectivity index (χ4v) is 8.33. The van der Waals surface area contributed by atoms with Gasteiger partial charge in [0.2, 0.25) is 0 Å². The Hall–Kier alpha value is -2.40. The van der Waals surface area contributed by atoms with Crippen LogP contribution in [0.4, 0.5) is 0 Å². The topological polar surface area (TPSA) is 173 Å². The number of aliphatic hydroxyl groups is 2. The maximum Gasteiger partial charge on any atom is 0.193 e. The van der Waals surface area contributed by atoms with E-state index >= 15 is 0 Å². The lowest BCUT2D eigenvalue weighted by atomic mass is 9.46. The van der Waals surface area contributed by atoms with Crippen LogP contribution < -0.4 is 10.2 Å². The van der Waals surface area contributed by atoms with Crippen molar-refractivity contribution in [3.63, 3.8) is 0 Å². The van der Waals surface area contributed by atoms with Crippen molar-refractivity contribution < 1.29 is 49.1 Å². The van der Waals surface area contributed by atoms with Crippen molar-refractivity contribution in [1.29, 1.82) is 0 Å². The van der Waals surface area contributed by atoms with Crippen LogP contribution in [0.15, 0.2) is 23.8 Å². The molecule has 0 aromatic carbocycles. The lowest BCUT2D eigenvalue weighted by Crippen LogP contribution is -2.63. The van der Waals surface area contributed by atoms with Gasteiger partial charge in [-0.1, -0.05) is 38.8 Å². The Labute approximate surface area is 228 Å². The molecule has 10 heteroatoms. The second kappa shape index (κ2) is 10.9. The van der Waals surface area contributed by atoms with E-state index in [1.54, 1.807) is 12.2 Å². The normalized spacial score (nSPS) is 41.8. The molecule has 1 unspecified atom stereocenters. The number of carboxylic acids is 2. The highest BCUT2D eigenvalue weighted by Crippen LogP contribution is 2.69. The zero-order valence-corrected chi connectivity index (χ0v) is 22.7. The lowest BCUT2D eigenvalue weighted by molar-refractivity contribution is -0.315. The third-order valence-electron chi connectivity index (χ3n) is 9.90. The van der Waals surface area contributed by atoms with Crippen LogP contribution in [-0.4, -0.2) is 64.4 Å². The van der Waals surface area contributed by atoms with Gasteiger partial charge >= 0.3 is 0 Å². The molecule has 0 bridgehead atoms. The van der Waals surface area contributed by atoms with E-state index in [4.69, 9.17) is 9.47 Å². The minimum absolute atomic E-state index is 0.0125. The van der Waals surface area contributed by atoms with Gasteiger partial charge in [0.25, 0.3) is 0 Å². The fourth-order valence-electron chi connectivity index (χ4n) is 8.33. The molecule has 216 valence electrons. The van der Waals surface area contributed by atoms with Crippen molar-refractivity contribution in [2.45, 2.75) is 96.2 Å². The van der Waals surface area contributed by atoms with E-state index in [9.17, 15) is 39.6 Å². The molecule has 4 fully saturated rings. The molecule has 4 aliphatic carbocycles. The zero-order chi connectivity index (χ0) is 28.8. The molecule has 1 saturated heterocycles. The number of hydrogen-bond donors (Lipinski definition) is 2. The highest BCUT2D eigenvalue weighted by atomic mass is 16.7. The van der Waals surface area contributed by atoms with Gasteiger partial charge in [0.15, 0.2) is 23.5 Å². The van der Waals surface area contributed by atoms with E-state index in [1.165, 1.54) is 0 Å². The molecule has 9 atom stereocenters. The fraction of sp³-hybridized carbons (Fsp3) is 0.724. The van der Waals surface area contributed by atoms with Gasteiger partial charge in [0, 0.05) is 28.7 Å². The maximum absolute atomic E-state index is 13.2. The van der Waals surface area contributed by atoms with Crippen molar-refractivity contribution in [1.82, 2.24) is 0 Å². The standard InChI is InChI=1S/C25H34O6.C4H6O4/c1-4-5-21-30-20-11-17-16-7-6-14-10-15(27)8-9-23(14,2)22(16)18(28)12-24(17,3)25(20,31-21)19(29)13-26;5-3(6)1-2-4(7)8/h8-10,16-18,20-22,26,28H,4-7,11-13H2,1-3H3;1-2H2,(H,5,6)(H,7,8)/p-2/t16-,17-,18-,20+,21?,22+,23-,24-,25+;/m0./s1. The number of allylic oxidation sites excluding steroid dienone is 4. The number of carboxylic acid groups (broad SMARTS) is 2. The van der Waals surface area contributed by atoms with Gasteiger partial charge in [-0.2, -0.15) is 0 Å². The Morgan fingerprint density at radius 2 is 1.82 bits per heavy atom. The molecule has 5 rings (SSSR count). The van der Waals surface area contributed by atoms with E-state index in [1.807, 2.05) is 6.08 Å². The Bertz CT molecular complexity index is 1070. The second-order valence-electron chi connectivity index (χ2n) is 12.0. The van der Waals surface area contributed by atoms with Crippen molar-refractivity contribution in [3.05, 3.63) is 23.8 Å². The molecule has 1 heterocycles. The molecule has 0 aromatic heterocycles. The summed E-state index contributed by atoms with van der Waals surface area (Å²) in [6.07, 6.45) is 7.37. The van der Waals surface area contributed by atoms with Crippen molar-refractivity contribution in [3.8, 4) is 0 Å². The van der Waals surface area contributed by atoms with Gasteiger partial charge < -0.3 is 39.5 Å². The van der Waals surface area contributed by atoms with E-state index < -0.39 is 60.9 Å². The van der Waals surface area contributed by atoms with E-state index in [0.717, 1.165) is 24.8 Å². The minimum atomic E-state index is -1.37. The summed E-state index contributed by atoms with van der Waals surface area (Å²) in [4.78, 5) is 44.2. The van der Waals surface area contributed by atoms with Crippen LogP contribution in [0.3, 0.4) is 0 Å². The van der Waals surface area contributed by atoms with Gasteiger partial charge in [-0.05, 0) is 68.9 Å². The summed E-state index contributed by atoms with van der Waals surface area (Å²) in [5.74, 6) is -2.71.